The molecule has 2 saturated heterocycles. The Bertz CT molecular complexity index is 1870. The summed E-state index contributed by atoms with van der Waals surface area (Å²) in [4.78, 5) is 35.0. The van der Waals surface area contributed by atoms with Crippen molar-refractivity contribution >= 4 is 44.6 Å². The topological polar surface area (TPSA) is 144 Å². The first-order chi connectivity index (χ1) is 21.9. The average molecular weight is 677 g/mol. The third-order valence-corrected chi connectivity index (χ3v) is 9.41. The molecule has 2 amide bonds. The molecule has 5 heterocycles. The summed E-state index contributed by atoms with van der Waals surface area (Å²) in [5.41, 5.74) is 0.782. The van der Waals surface area contributed by atoms with E-state index in [-0.39, 0.29) is 63.3 Å². The molecule has 1 aromatic carbocycles. The van der Waals surface area contributed by atoms with Crippen molar-refractivity contribution in [3.63, 3.8) is 0 Å². The van der Waals surface area contributed by atoms with Crippen molar-refractivity contribution in [1.82, 2.24) is 34.2 Å². The highest BCUT2D eigenvalue weighted by Gasteiger charge is 2.41. The van der Waals surface area contributed by atoms with E-state index in [1.807, 2.05) is 0 Å². The normalized spacial score (nSPS) is 18.4. The van der Waals surface area contributed by atoms with E-state index >= 15 is 0 Å². The number of hydrogen-bond acceptors (Lipinski definition) is 9. The van der Waals surface area contributed by atoms with Crippen LogP contribution in [0.5, 0.6) is 5.75 Å². The van der Waals surface area contributed by atoms with E-state index in [0.29, 0.717) is 31.7 Å². The second kappa shape index (κ2) is 12.9. The average Bonchev–Trinajstić information content (AvgIpc) is 3.75. The van der Waals surface area contributed by atoms with Gasteiger partial charge in [-0.25, -0.2) is 17.9 Å². The monoisotopic (exact) mass is 676 g/mol. The standard InChI is InChI=1S/C29H31ClF2N8O5S/c1-46(43,44)9-3-7-37-12-18-14-38(15-19(18)13-37)25(41)17-39-16-23(35-28(42)22-11-34-40-8-2-6-33-27(22)40)26(36-39)21-10-20(30)4-5-24(21)45-29(31)32/h2,4-6,8,10-11,16,18-19,29H,3,7,9,12-15,17H2,1H3,(H,35,42)/t18-,19?/m0/s1. The number of benzene rings is 1. The van der Waals surface area contributed by atoms with Gasteiger partial charge in [0.2, 0.25) is 5.91 Å². The summed E-state index contributed by atoms with van der Waals surface area (Å²) >= 11 is 6.21. The minimum absolute atomic E-state index is 0.0757. The van der Waals surface area contributed by atoms with Gasteiger partial charge in [-0.05, 0) is 49.1 Å². The van der Waals surface area contributed by atoms with E-state index in [1.165, 1.54) is 52.2 Å². The number of carbonyl (C=O) groups is 2. The highest BCUT2D eigenvalue weighted by atomic mass is 35.5. The number of ether oxygens (including phenoxy) is 1. The molecule has 0 bridgehead atoms. The highest BCUT2D eigenvalue weighted by molar-refractivity contribution is 7.90. The van der Waals surface area contributed by atoms with E-state index in [9.17, 15) is 26.8 Å². The lowest BCUT2D eigenvalue weighted by atomic mass is 10.0. The third-order valence-electron chi connectivity index (χ3n) is 8.15. The predicted molar refractivity (Wildman–Crippen MR) is 165 cm³/mol. The molecule has 1 unspecified atom stereocenters. The lowest BCUT2D eigenvalue weighted by Gasteiger charge is -2.21. The van der Waals surface area contributed by atoms with Gasteiger partial charge in [0.1, 0.15) is 33.4 Å². The van der Waals surface area contributed by atoms with Crippen LogP contribution < -0.4 is 10.1 Å². The maximum Gasteiger partial charge on any atom is 0.387 e. The summed E-state index contributed by atoms with van der Waals surface area (Å²) in [7, 11) is -3.00. The number of hydrogen-bond donors (Lipinski definition) is 1. The van der Waals surface area contributed by atoms with Crippen LogP contribution in [0.15, 0.2) is 49.1 Å². The van der Waals surface area contributed by atoms with Gasteiger partial charge in [0.05, 0.1) is 17.6 Å². The number of nitrogens with one attached hydrogen (secondary N) is 1. The Kier molecular flexibility index (Phi) is 8.94. The largest absolute Gasteiger partial charge is 0.434 e. The molecule has 0 radical (unpaired) electrons. The molecule has 0 spiro atoms. The maximum absolute atomic E-state index is 13.4. The fraction of sp³-hybridized carbons (Fsp3) is 0.414. The maximum atomic E-state index is 13.4. The molecule has 6 rings (SSSR count). The van der Waals surface area contributed by atoms with E-state index < -0.39 is 22.4 Å². The van der Waals surface area contributed by atoms with Crippen LogP contribution in [0.25, 0.3) is 16.9 Å². The van der Waals surface area contributed by atoms with Crippen LogP contribution in [0.3, 0.4) is 0 Å². The highest BCUT2D eigenvalue weighted by Crippen LogP contribution is 2.37. The fourth-order valence-electron chi connectivity index (χ4n) is 6.12. The Morgan fingerprint density at radius 2 is 1.93 bits per heavy atom. The van der Waals surface area contributed by atoms with E-state index in [1.54, 1.807) is 17.2 Å². The molecule has 13 nitrogen and oxygen atoms in total. The van der Waals surface area contributed by atoms with Crippen LogP contribution >= 0.6 is 11.6 Å². The van der Waals surface area contributed by atoms with Gasteiger partial charge in [-0.1, -0.05) is 11.6 Å². The quantitative estimate of drug-likeness (QED) is 0.254. The molecule has 2 aliphatic heterocycles. The van der Waals surface area contributed by atoms with Crippen LogP contribution in [0.4, 0.5) is 14.5 Å². The van der Waals surface area contributed by atoms with Gasteiger partial charge in [0.25, 0.3) is 5.91 Å². The third kappa shape index (κ3) is 7.13. The molecule has 2 atom stereocenters. The summed E-state index contributed by atoms with van der Waals surface area (Å²) in [6.45, 7) is 0.116. The van der Waals surface area contributed by atoms with Crippen molar-refractivity contribution in [1.29, 1.82) is 0 Å². The minimum atomic E-state index is -3.13. The van der Waals surface area contributed by atoms with E-state index in [4.69, 9.17) is 16.3 Å². The van der Waals surface area contributed by atoms with Gasteiger partial charge in [-0.2, -0.15) is 19.0 Å². The number of aromatic nitrogens is 5. The molecule has 0 aliphatic carbocycles. The molecule has 2 fully saturated rings. The number of alkyl halides is 2. The first-order valence-corrected chi connectivity index (χ1v) is 17.0. The molecule has 4 aromatic rings. The molecule has 46 heavy (non-hydrogen) atoms. The summed E-state index contributed by atoms with van der Waals surface area (Å²) in [5, 5.41) is 11.6. The Morgan fingerprint density at radius 1 is 1.17 bits per heavy atom. The zero-order valence-electron chi connectivity index (χ0n) is 24.7. The van der Waals surface area contributed by atoms with Crippen molar-refractivity contribution in [2.75, 3.05) is 50.0 Å². The Hall–Kier alpha value is -4.15. The molecule has 3 aromatic heterocycles. The second-order valence-electron chi connectivity index (χ2n) is 11.6. The number of nitrogens with zero attached hydrogens (tertiary/aromatic N) is 7. The van der Waals surface area contributed by atoms with Gasteiger partial charge in [-0.3, -0.25) is 14.3 Å². The summed E-state index contributed by atoms with van der Waals surface area (Å²) < 4.78 is 57.0. The molecule has 244 valence electrons. The molecular weight excluding hydrogens is 646 g/mol. The summed E-state index contributed by atoms with van der Waals surface area (Å²) in [5.74, 6) is -0.258. The molecule has 17 heteroatoms. The number of anilines is 1. The van der Waals surface area contributed by atoms with E-state index in [0.717, 1.165) is 13.1 Å². The van der Waals surface area contributed by atoms with Crippen molar-refractivity contribution < 1.29 is 31.5 Å². The van der Waals surface area contributed by atoms with Crippen LogP contribution in [0, 0.1) is 11.8 Å². The Labute approximate surface area is 268 Å². The number of rotatable bonds is 11. The smallest absolute Gasteiger partial charge is 0.387 e. The summed E-state index contributed by atoms with van der Waals surface area (Å²) in [6.07, 6.45) is 7.78. The van der Waals surface area contributed by atoms with Gasteiger partial charge < -0.3 is 19.9 Å². The van der Waals surface area contributed by atoms with Gasteiger partial charge in [-0.15, -0.1) is 0 Å². The number of carbonyl (C=O) groups excluding carboxylic acids is 2. The fourth-order valence-corrected chi connectivity index (χ4v) is 6.95. The van der Waals surface area contributed by atoms with Gasteiger partial charge in [0, 0.05) is 61.6 Å². The van der Waals surface area contributed by atoms with Crippen molar-refractivity contribution in [2.24, 2.45) is 11.8 Å². The lowest BCUT2D eigenvalue weighted by Crippen LogP contribution is -2.35. The van der Waals surface area contributed by atoms with E-state index in [2.05, 4.69) is 25.4 Å². The molecule has 2 aliphatic rings. The lowest BCUT2D eigenvalue weighted by molar-refractivity contribution is -0.131. The number of amides is 2. The van der Waals surface area contributed by atoms with Gasteiger partial charge in [0.15, 0.2) is 5.65 Å². The molecular formula is C29H31ClF2N8O5S. The zero-order chi connectivity index (χ0) is 32.6. The number of fused-ring (bicyclic) bond motifs is 2. The predicted octanol–water partition coefficient (Wildman–Crippen LogP) is 2.92. The second-order valence-corrected chi connectivity index (χ2v) is 14.3. The van der Waals surface area contributed by atoms with Crippen LogP contribution in [-0.4, -0.2) is 106 Å². The van der Waals surface area contributed by atoms with Crippen LogP contribution in [-0.2, 0) is 21.2 Å². The molecule has 1 N–H and O–H groups in total. The van der Waals surface area contributed by atoms with Crippen molar-refractivity contribution in [2.45, 2.75) is 19.6 Å². The van der Waals surface area contributed by atoms with Crippen LogP contribution in [0.2, 0.25) is 5.02 Å². The number of sulfone groups is 1. The van der Waals surface area contributed by atoms with Crippen molar-refractivity contribution in [3.8, 4) is 17.0 Å². The van der Waals surface area contributed by atoms with Crippen molar-refractivity contribution in [3.05, 3.63) is 59.6 Å². The number of likely N-dealkylation sites (tertiary alicyclic amines) is 2. The zero-order valence-corrected chi connectivity index (χ0v) is 26.3. The number of halogens is 3. The first kappa shape index (κ1) is 31.8. The molecule has 0 saturated carbocycles. The van der Waals surface area contributed by atoms with Crippen LogP contribution in [0.1, 0.15) is 16.8 Å². The summed E-state index contributed by atoms with van der Waals surface area (Å²) in [6, 6.07) is 5.73. The SMILES string of the molecule is CS(=O)(=O)CCCN1CC2CN(C(=O)Cn3cc(NC(=O)c4cnn5cccnc45)c(-c4cc(Cl)ccc4OC(F)F)n3)C[C@@H]2C1. The first-order valence-electron chi connectivity index (χ1n) is 14.5. The van der Waals surface area contributed by atoms with Gasteiger partial charge >= 0.3 is 6.61 Å². The Balaban J connectivity index is 1.20. The Morgan fingerprint density at radius 3 is 2.65 bits per heavy atom. The minimum Gasteiger partial charge on any atom is -0.434 e.